The number of amides is 2. The minimum absolute atomic E-state index is 0.120. The Morgan fingerprint density at radius 3 is 2.77 bits per heavy atom. The molecule has 0 radical (unpaired) electrons. The molecule has 0 unspecified atom stereocenters. The average Bonchev–Trinajstić information content (AvgIpc) is 2.89. The highest BCUT2D eigenvalue weighted by molar-refractivity contribution is 9.10. The summed E-state index contributed by atoms with van der Waals surface area (Å²) in [5.74, 6) is 0.166. The molecule has 31 heavy (non-hydrogen) atoms. The third-order valence-corrected chi connectivity index (χ3v) is 6.38. The summed E-state index contributed by atoms with van der Waals surface area (Å²) in [5.41, 5.74) is 1.19. The Morgan fingerprint density at radius 2 is 2.03 bits per heavy atom. The lowest BCUT2D eigenvalue weighted by Gasteiger charge is -2.41. The highest BCUT2D eigenvalue weighted by Crippen LogP contribution is 2.50. The molecule has 2 aliphatic rings. The van der Waals surface area contributed by atoms with Crippen molar-refractivity contribution in [2.24, 2.45) is 0 Å². The predicted molar refractivity (Wildman–Crippen MR) is 118 cm³/mol. The number of ether oxygens (including phenoxy) is 2. The van der Waals surface area contributed by atoms with Gasteiger partial charge in [0.2, 0.25) is 5.91 Å². The molecule has 8 heteroatoms. The number of benzene rings is 2. The van der Waals surface area contributed by atoms with Crippen molar-refractivity contribution in [2.75, 3.05) is 4.90 Å². The topological polar surface area (TPSA) is 67.9 Å². The van der Waals surface area contributed by atoms with E-state index in [9.17, 15) is 14.0 Å². The number of carbonyl (C=O) groups is 2. The Labute approximate surface area is 188 Å². The summed E-state index contributed by atoms with van der Waals surface area (Å²) in [6.07, 6.45) is 1.48. The Balaban J connectivity index is 1.78. The van der Waals surface area contributed by atoms with E-state index >= 15 is 0 Å². The van der Waals surface area contributed by atoms with Gasteiger partial charge in [0.05, 0.1) is 12.1 Å². The molecule has 2 heterocycles. The first-order chi connectivity index (χ1) is 14.9. The molecule has 1 N–H and O–H groups in total. The second-order valence-electron chi connectivity index (χ2n) is 7.72. The molecular weight excluding hydrogens is 467 g/mol. The van der Waals surface area contributed by atoms with Gasteiger partial charge in [0.15, 0.2) is 5.75 Å². The van der Waals surface area contributed by atoms with Crippen LogP contribution in [-0.4, -0.2) is 24.1 Å². The van der Waals surface area contributed by atoms with Crippen molar-refractivity contribution < 1.29 is 23.5 Å². The van der Waals surface area contributed by atoms with E-state index in [0.29, 0.717) is 22.3 Å². The molecule has 0 bridgehead atoms. The van der Waals surface area contributed by atoms with Crippen LogP contribution in [0.4, 0.5) is 14.9 Å². The number of anilines is 1. The number of hydrogen-bond donors (Lipinski definition) is 1. The van der Waals surface area contributed by atoms with Gasteiger partial charge in [-0.3, -0.25) is 9.69 Å². The van der Waals surface area contributed by atoms with E-state index in [1.165, 1.54) is 12.1 Å². The summed E-state index contributed by atoms with van der Waals surface area (Å²) in [5, 5.41) is 2.97. The summed E-state index contributed by atoms with van der Waals surface area (Å²) in [4.78, 5) is 27.3. The fourth-order valence-corrected chi connectivity index (χ4v) is 4.85. The van der Waals surface area contributed by atoms with Crippen LogP contribution in [-0.2, 0) is 9.53 Å². The smallest absolute Gasteiger partial charge is 0.407 e. The molecule has 0 aromatic heterocycles. The molecule has 0 spiro atoms. The largest absolute Gasteiger partial charge is 0.455 e. The molecular formula is C23H24BrFN2O4. The highest BCUT2D eigenvalue weighted by atomic mass is 79.9. The van der Waals surface area contributed by atoms with E-state index in [-0.39, 0.29) is 24.2 Å². The SMILES string of the molecule is CCC(CC)OC(=O)N[C@@H]1CCC(=O)N2c3c(Br)cc(F)cc3Oc3ccccc3[C@H]12. The van der Waals surface area contributed by atoms with Gasteiger partial charge in [0.25, 0.3) is 0 Å². The van der Waals surface area contributed by atoms with Gasteiger partial charge in [0, 0.05) is 22.5 Å². The first kappa shape index (κ1) is 21.6. The van der Waals surface area contributed by atoms with Crippen LogP contribution in [0.5, 0.6) is 11.5 Å². The third kappa shape index (κ3) is 4.13. The molecule has 2 aliphatic heterocycles. The summed E-state index contributed by atoms with van der Waals surface area (Å²) < 4.78 is 26.1. The minimum Gasteiger partial charge on any atom is -0.455 e. The number of nitrogens with one attached hydrogen (secondary N) is 1. The van der Waals surface area contributed by atoms with Crippen LogP contribution >= 0.6 is 15.9 Å². The van der Waals surface area contributed by atoms with Crippen molar-refractivity contribution in [1.82, 2.24) is 5.32 Å². The van der Waals surface area contributed by atoms with Crippen LogP contribution in [0, 0.1) is 5.82 Å². The number of carbonyl (C=O) groups excluding carboxylic acids is 2. The van der Waals surface area contributed by atoms with Crippen molar-refractivity contribution in [3.8, 4) is 11.5 Å². The molecule has 2 aromatic carbocycles. The summed E-state index contributed by atoms with van der Waals surface area (Å²) >= 11 is 3.40. The zero-order valence-corrected chi connectivity index (χ0v) is 18.9. The number of para-hydroxylation sites is 1. The minimum atomic E-state index is -0.519. The maximum atomic E-state index is 14.1. The van der Waals surface area contributed by atoms with Gasteiger partial charge in [-0.1, -0.05) is 32.0 Å². The van der Waals surface area contributed by atoms with Crippen LogP contribution in [0.15, 0.2) is 40.9 Å². The van der Waals surface area contributed by atoms with Gasteiger partial charge < -0.3 is 14.8 Å². The molecule has 2 amide bonds. The van der Waals surface area contributed by atoms with Crippen molar-refractivity contribution >= 4 is 33.6 Å². The van der Waals surface area contributed by atoms with Gasteiger partial charge in [0.1, 0.15) is 23.4 Å². The van der Waals surface area contributed by atoms with Crippen LogP contribution < -0.4 is 15.0 Å². The number of nitrogens with zero attached hydrogens (tertiary/aromatic N) is 1. The van der Waals surface area contributed by atoms with Gasteiger partial charge in [-0.2, -0.15) is 0 Å². The number of hydrogen-bond acceptors (Lipinski definition) is 4. The third-order valence-electron chi connectivity index (χ3n) is 5.78. The maximum Gasteiger partial charge on any atom is 0.407 e. The van der Waals surface area contributed by atoms with Crippen LogP contribution in [0.2, 0.25) is 0 Å². The number of rotatable bonds is 4. The van der Waals surface area contributed by atoms with E-state index in [4.69, 9.17) is 9.47 Å². The lowest BCUT2D eigenvalue weighted by atomic mass is 9.89. The number of halogens is 2. The summed E-state index contributed by atoms with van der Waals surface area (Å²) in [6, 6.07) is 8.97. The van der Waals surface area contributed by atoms with E-state index in [1.807, 2.05) is 32.0 Å². The number of alkyl carbamates (subject to hydrolysis) is 1. The van der Waals surface area contributed by atoms with Gasteiger partial charge >= 0.3 is 6.09 Å². The lowest BCUT2D eigenvalue weighted by Crippen LogP contribution is -2.52. The van der Waals surface area contributed by atoms with Crippen LogP contribution in [0.25, 0.3) is 0 Å². The molecule has 0 aliphatic carbocycles. The van der Waals surface area contributed by atoms with Crippen LogP contribution in [0.3, 0.4) is 0 Å². The predicted octanol–water partition coefficient (Wildman–Crippen LogP) is 5.85. The van der Waals surface area contributed by atoms with E-state index < -0.39 is 24.0 Å². The Hall–Kier alpha value is -2.61. The van der Waals surface area contributed by atoms with E-state index in [1.54, 1.807) is 11.0 Å². The molecule has 2 aromatic rings. The summed E-state index contributed by atoms with van der Waals surface area (Å²) in [7, 11) is 0. The van der Waals surface area contributed by atoms with Crippen molar-refractivity contribution in [1.29, 1.82) is 0 Å². The first-order valence-electron chi connectivity index (χ1n) is 10.5. The van der Waals surface area contributed by atoms with Gasteiger partial charge in [-0.25, -0.2) is 9.18 Å². The van der Waals surface area contributed by atoms with Crippen molar-refractivity contribution in [2.45, 2.75) is 57.7 Å². The highest BCUT2D eigenvalue weighted by Gasteiger charge is 2.44. The second-order valence-corrected chi connectivity index (χ2v) is 8.57. The second kappa shape index (κ2) is 8.86. The Kier molecular flexibility index (Phi) is 6.18. The van der Waals surface area contributed by atoms with Crippen molar-refractivity contribution in [3.05, 3.63) is 52.3 Å². The zero-order valence-electron chi connectivity index (χ0n) is 17.4. The standard InChI is InChI=1S/C23H24BrFN2O4/c1-3-14(4-2)30-23(29)26-17-9-10-20(28)27-21(17)15-7-5-6-8-18(15)31-19-12-13(25)11-16(24)22(19)27/h5-8,11-12,14,17,21H,3-4,9-10H2,1-2H3,(H,26,29)/t17-,21-/m1/s1. The summed E-state index contributed by atoms with van der Waals surface area (Å²) in [6.45, 7) is 3.93. The van der Waals surface area contributed by atoms with Gasteiger partial charge in [-0.15, -0.1) is 0 Å². The maximum absolute atomic E-state index is 14.1. The monoisotopic (exact) mass is 490 g/mol. The van der Waals surface area contributed by atoms with Gasteiger partial charge in [-0.05, 0) is 47.3 Å². The zero-order chi connectivity index (χ0) is 22.1. The number of fused-ring (bicyclic) bond motifs is 5. The fraction of sp³-hybridized carbons (Fsp3) is 0.391. The normalized spacial score (nSPS) is 19.6. The molecule has 164 valence electrons. The quantitative estimate of drug-likeness (QED) is 0.583. The molecule has 4 rings (SSSR count). The molecule has 1 fully saturated rings. The first-order valence-corrected chi connectivity index (χ1v) is 11.3. The molecule has 6 nitrogen and oxygen atoms in total. The van der Waals surface area contributed by atoms with E-state index in [2.05, 4.69) is 21.2 Å². The number of piperidine rings is 1. The van der Waals surface area contributed by atoms with Crippen molar-refractivity contribution in [3.63, 3.8) is 0 Å². The average molecular weight is 491 g/mol. The van der Waals surface area contributed by atoms with E-state index in [0.717, 1.165) is 18.4 Å². The Bertz CT molecular complexity index is 1010. The molecule has 1 saturated heterocycles. The Morgan fingerprint density at radius 1 is 1.29 bits per heavy atom. The fourth-order valence-electron chi connectivity index (χ4n) is 4.25. The van der Waals surface area contributed by atoms with Crippen LogP contribution in [0.1, 0.15) is 51.1 Å². The molecule has 2 atom stereocenters. The molecule has 0 saturated carbocycles. The lowest BCUT2D eigenvalue weighted by molar-refractivity contribution is -0.120.